The number of anilines is 1. The Morgan fingerprint density at radius 3 is 2.89 bits per heavy atom. The zero-order valence-corrected chi connectivity index (χ0v) is 16.9. The van der Waals surface area contributed by atoms with Gasteiger partial charge in [-0.2, -0.15) is 0 Å². The predicted octanol–water partition coefficient (Wildman–Crippen LogP) is 4.98. The lowest BCUT2D eigenvalue weighted by Gasteiger charge is -2.11. The first kappa shape index (κ1) is 18.6. The van der Waals surface area contributed by atoms with Gasteiger partial charge in [-0.1, -0.05) is 41.3 Å². The summed E-state index contributed by atoms with van der Waals surface area (Å²) in [4.78, 5) is 17.8. The van der Waals surface area contributed by atoms with Crippen LogP contribution in [-0.4, -0.2) is 21.1 Å². The molecule has 6 nitrogen and oxygen atoms in total. The molecule has 28 heavy (non-hydrogen) atoms. The first-order valence-corrected chi connectivity index (χ1v) is 10.9. The summed E-state index contributed by atoms with van der Waals surface area (Å²) in [5.41, 5.74) is 5.55. The molecule has 0 aliphatic carbocycles. The van der Waals surface area contributed by atoms with Crippen LogP contribution in [0.2, 0.25) is 0 Å². The van der Waals surface area contributed by atoms with Crippen LogP contribution < -0.4 is 10.1 Å². The summed E-state index contributed by atoms with van der Waals surface area (Å²) in [6.45, 7) is 0.371. The van der Waals surface area contributed by atoms with Crippen LogP contribution in [0.25, 0.3) is 0 Å². The molecule has 0 saturated carbocycles. The van der Waals surface area contributed by atoms with Gasteiger partial charge in [0, 0.05) is 15.8 Å². The number of hydrogen-bond acceptors (Lipinski definition) is 8. The number of benzene rings is 2. The molecule has 2 aromatic heterocycles. The molecule has 4 aromatic rings. The number of nitrogens with zero attached hydrogens (tertiary/aromatic N) is 3. The highest BCUT2D eigenvalue weighted by molar-refractivity contribution is 8.01. The predicted molar refractivity (Wildman–Crippen MR) is 111 cm³/mol. The largest absolute Gasteiger partial charge is 0.487 e. The minimum absolute atomic E-state index is 0.204. The molecular formula is C19H14N4O2S3. The quantitative estimate of drug-likeness (QED) is 0.449. The lowest BCUT2D eigenvalue weighted by Crippen LogP contribution is -2.12. The number of carbonyl (C=O) groups excluding carboxylic acids is 1. The van der Waals surface area contributed by atoms with E-state index in [2.05, 4.69) is 20.5 Å². The highest BCUT2D eigenvalue weighted by Crippen LogP contribution is 2.34. The Kier molecular flexibility index (Phi) is 5.95. The van der Waals surface area contributed by atoms with Gasteiger partial charge >= 0.3 is 0 Å². The maximum Gasteiger partial charge on any atom is 0.255 e. The summed E-state index contributed by atoms with van der Waals surface area (Å²) in [5, 5.41) is 12.8. The van der Waals surface area contributed by atoms with Crippen molar-refractivity contribution in [2.24, 2.45) is 0 Å². The third-order valence-corrected chi connectivity index (χ3v) is 6.13. The molecule has 1 N–H and O–H groups in total. The van der Waals surface area contributed by atoms with E-state index in [1.807, 2.05) is 35.7 Å². The van der Waals surface area contributed by atoms with Crippen LogP contribution in [0, 0.1) is 0 Å². The van der Waals surface area contributed by atoms with E-state index in [4.69, 9.17) is 4.74 Å². The van der Waals surface area contributed by atoms with E-state index >= 15 is 0 Å². The molecule has 0 aliphatic rings. The van der Waals surface area contributed by atoms with E-state index in [0.29, 0.717) is 17.9 Å². The molecular weight excluding hydrogens is 412 g/mol. The molecule has 2 heterocycles. The van der Waals surface area contributed by atoms with Crippen molar-refractivity contribution in [1.29, 1.82) is 0 Å². The number of ether oxygens (including phenoxy) is 1. The maximum atomic E-state index is 12.7. The topological polar surface area (TPSA) is 77.0 Å². The van der Waals surface area contributed by atoms with Crippen molar-refractivity contribution in [2.45, 2.75) is 15.8 Å². The molecule has 0 aliphatic heterocycles. The second-order valence-electron chi connectivity index (χ2n) is 5.55. The first-order valence-electron chi connectivity index (χ1n) is 8.22. The van der Waals surface area contributed by atoms with Gasteiger partial charge in [0.1, 0.15) is 17.9 Å². The number of para-hydroxylation sites is 1. The number of rotatable bonds is 7. The molecule has 4 rings (SSSR count). The normalized spacial score (nSPS) is 10.6. The zero-order chi connectivity index (χ0) is 19.2. The molecule has 0 spiro atoms. The second kappa shape index (κ2) is 8.96. The van der Waals surface area contributed by atoms with Crippen molar-refractivity contribution >= 4 is 46.0 Å². The molecule has 0 fully saturated rings. The van der Waals surface area contributed by atoms with E-state index in [0.717, 1.165) is 20.6 Å². The van der Waals surface area contributed by atoms with Gasteiger partial charge in [0.15, 0.2) is 4.34 Å². The maximum absolute atomic E-state index is 12.7. The van der Waals surface area contributed by atoms with Crippen LogP contribution in [0.3, 0.4) is 0 Å². The monoisotopic (exact) mass is 426 g/mol. The first-order chi connectivity index (χ1) is 13.8. The van der Waals surface area contributed by atoms with Crippen molar-refractivity contribution in [2.75, 3.05) is 5.32 Å². The number of hydrogen-bond donors (Lipinski definition) is 1. The molecule has 0 atom stereocenters. The average molecular weight is 427 g/mol. The smallest absolute Gasteiger partial charge is 0.255 e. The molecule has 2 aromatic carbocycles. The number of thiazole rings is 1. The number of aromatic nitrogens is 3. The lowest BCUT2D eigenvalue weighted by molar-refractivity contribution is 0.102. The van der Waals surface area contributed by atoms with E-state index < -0.39 is 0 Å². The van der Waals surface area contributed by atoms with E-state index in [-0.39, 0.29) is 5.91 Å². The number of nitrogens with one attached hydrogen (secondary N) is 1. The Balaban J connectivity index is 1.46. The highest BCUT2D eigenvalue weighted by atomic mass is 32.2. The van der Waals surface area contributed by atoms with Crippen LogP contribution in [-0.2, 0) is 6.61 Å². The summed E-state index contributed by atoms with van der Waals surface area (Å²) in [6, 6.07) is 14.7. The van der Waals surface area contributed by atoms with Gasteiger partial charge in [-0.3, -0.25) is 4.79 Å². The van der Waals surface area contributed by atoms with E-state index in [1.54, 1.807) is 29.2 Å². The highest BCUT2D eigenvalue weighted by Gasteiger charge is 2.12. The molecule has 0 radical (unpaired) electrons. The Hall–Kier alpha value is -2.75. The van der Waals surface area contributed by atoms with Crippen LogP contribution in [0.4, 0.5) is 5.69 Å². The van der Waals surface area contributed by atoms with E-state index in [1.165, 1.54) is 34.4 Å². The minimum atomic E-state index is -0.204. The Morgan fingerprint density at radius 2 is 2.07 bits per heavy atom. The van der Waals surface area contributed by atoms with Crippen molar-refractivity contribution in [1.82, 2.24) is 15.2 Å². The van der Waals surface area contributed by atoms with Crippen LogP contribution in [0.15, 0.2) is 74.2 Å². The summed E-state index contributed by atoms with van der Waals surface area (Å²) in [6.07, 6.45) is 0. The number of amides is 1. The molecule has 1 amide bonds. The van der Waals surface area contributed by atoms with Crippen LogP contribution in [0.5, 0.6) is 5.75 Å². The molecule has 9 heteroatoms. The van der Waals surface area contributed by atoms with Crippen LogP contribution >= 0.6 is 34.4 Å². The molecule has 0 unspecified atom stereocenters. The Morgan fingerprint density at radius 1 is 1.14 bits per heavy atom. The summed E-state index contributed by atoms with van der Waals surface area (Å²) >= 11 is 4.44. The Bertz CT molecular complexity index is 1050. The zero-order valence-electron chi connectivity index (χ0n) is 14.4. The van der Waals surface area contributed by atoms with Gasteiger partial charge in [0.05, 0.1) is 16.9 Å². The van der Waals surface area contributed by atoms with Crippen molar-refractivity contribution in [3.63, 3.8) is 0 Å². The van der Waals surface area contributed by atoms with Gasteiger partial charge in [-0.25, -0.2) is 4.98 Å². The minimum Gasteiger partial charge on any atom is -0.487 e. The standard InChI is InChI=1S/C19H14N4O2S3/c24-18(13-4-3-5-15(8-13)25-9-14-10-26-11-20-14)22-16-6-1-2-7-17(16)28-19-23-21-12-27-19/h1-8,10-12H,9H2,(H,22,24). The molecule has 140 valence electrons. The van der Waals surface area contributed by atoms with E-state index in [9.17, 15) is 4.79 Å². The van der Waals surface area contributed by atoms with Crippen molar-refractivity contribution in [3.05, 3.63) is 76.2 Å². The molecule has 0 bridgehead atoms. The van der Waals surface area contributed by atoms with Gasteiger partial charge in [-0.05, 0) is 30.3 Å². The van der Waals surface area contributed by atoms with Crippen molar-refractivity contribution in [3.8, 4) is 5.75 Å². The van der Waals surface area contributed by atoms with Crippen molar-refractivity contribution < 1.29 is 9.53 Å². The SMILES string of the molecule is O=C(Nc1ccccc1Sc1nncs1)c1cccc(OCc2cscn2)c1. The third-order valence-electron chi connectivity index (χ3n) is 3.64. The van der Waals surface area contributed by atoms with Gasteiger partial charge in [0.25, 0.3) is 5.91 Å². The number of carbonyl (C=O) groups is 1. The lowest BCUT2D eigenvalue weighted by atomic mass is 10.2. The second-order valence-corrected chi connectivity index (χ2v) is 8.39. The fourth-order valence-electron chi connectivity index (χ4n) is 2.35. The van der Waals surface area contributed by atoms with Gasteiger partial charge < -0.3 is 10.1 Å². The van der Waals surface area contributed by atoms with Gasteiger partial charge in [-0.15, -0.1) is 21.5 Å². The fraction of sp³-hybridized carbons (Fsp3) is 0.0526. The fourth-order valence-corrected chi connectivity index (χ4v) is 4.41. The summed E-state index contributed by atoms with van der Waals surface area (Å²) in [5.74, 6) is 0.418. The molecule has 0 saturated heterocycles. The third kappa shape index (κ3) is 4.75. The van der Waals surface area contributed by atoms with Gasteiger partial charge in [0.2, 0.25) is 0 Å². The Labute approximate surface area is 173 Å². The summed E-state index contributed by atoms with van der Waals surface area (Å²) in [7, 11) is 0. The average Bonchev–Trinajstić information content (AvgIpc) is 3.42. The van der Waals surface area contributed by atoms with Crippen LogP contribution in [0.1, 0.15) is 16.1 Å². The summed E-state index contributed by atoms with van der Waals surface area (Å²) < 4.78 is 6.55.